The first-order chi connectivity index (χ1) is 9.02. The summed E-state index contributed by atoms with van der Waals surface area (Å²) in [6, 6.07) is 0. The number of aromatic nitrogens is 2. The van der Waals surface area contributed by atoms with Gasteiger partial charge in [0, 0.05) is 5.92 Å². The van der Waals surface area contributed by atoms with E-state index in [-0.39, 0.29) is 0 Å². The van der Waals surface area contributed by atoms with E-state index in [2.05, 4.69) is 41.7 Å². The number of nitrogens with zero attached hydrogens (tertiary/aromatic N) is 2. The minimum absolute atomic E-state index is 0.496. The van der Waals surface area contributed by atoms with Crippen LogP contribution in [0, 0.1) is 11.8 Å². The Balaban J connectivity index is 2.13. The summed E-state index contributed by atoms with van der Waals surface area (Å²) in [5.41, 5.74) is 7.02. The highest BCUT2D eigenvalue weighted by atomic mass is 79.9. The summed E-state index contributed by atoms with van der Waals surface area (Å²) in [6.45, 7) is 6.76. The number of nitrogen functional groups attached to an aromatic ring is 1. The molecule has 19 heavy (non-hydrogen) atoms. The van der Waals surface area contributed by atoms with Crippen molar-refractivity contribution in [2.45, 2.75) is 58.8 Å². The van der Waals surface area contributed by atoms with Gasteiger partial charge in [-0.15, -0.1) is 0 Å². The van der Waals surface area contributed by atoms with Crippen LogP contribution in [-0.2, 0) is 6.42 Å². The Morgan fingerprint density at radius 3 is 2.37 bits per heavy atom. The third-order valence-corrected chi connectivity index (χ3v) is 5.24. The molecule has 3 nitrogen and oxygen atoms in total. The van der Waals surface area contributed by atoms with Crippen molar-refractivity contribution in [1.82, 2.24) is 9.97 Å². The molecule has 2 rings (SSSR count). The van der Waals surface area contributed by atoms with Gasteiger partial charge < -0.3 is 5.73 Å². The molecule has 1 aromatic heterocycles. The number of hydrogen-bond donors (Lipinski definition) is 1. The SMILES string of the molecule is CCc1nc(C2CCC(C(C)C)CC2)nc(N)c1Br. The second-order valence-electron chi connectivity index (χ2n) is 5.94. The molecule has 0 bridgehead atoms. The van der Waals surface area contributed by atoms with Crippen molar-refractivity contribution in [3.8, 4) is 0 Å². The fourth-order valence-electron chi connectivity index (χ4n) is 2.99. The first kappa shape index (κ1) is 14.8. The van der Waals surface area contributed by atoms with E-state index in [0.717, 1.165) is 34.2 Å². The van der Waals surface area contributed by atoms with Gasteiger partial charge >= 0.3 is 0 Å². The molecule has 0 amide bonds. The van der Waals surface area contributed by atoms with Gasteiger partial charge in [-0.2, -0.15) is 0 Å². The molecule has 1 saturated carbocycles. The van der Waals surface area contributed by atoms with Crippen LogP contribution in [0.3, 0.4) is 0 Å². The second-order valence-corrected chi connectivity index (χ2v) is 6.73. The van der Waals surface area contributed by atoms with Gasteiger partial charge in [-0.1, -0.05) is 20.8 Å². The third-order valence-electron chi connectivity index (χ3n) is 4.38. The normalized spacial score (nSPS) is 23.8. The van der Waals surface area contributed by atoms with Crippen molar-refractivity contribution in [3.05, 3.63) is 16.0 Å². The molecule has 0 spiro atoms. The van der Waals surface area contributed by atoms with E-state index in [4.69, 9.17) is 10.7 Å². The lowest BCUT2D eigenvalue weighted by Gasteiger charge is -2.30. The van der Waals surface area contributed by atoms with Gasteiger partial charge in [-0.3, -0.25) is 0 Å². The summed E-state index contributed by atoms with van der Waals surface area (Å²) in [5.74, 6) is 3.71. The van der Waals surface area contributed by atoms with E-state index < -0.39 is 0 Å². The Hall–Kier alpha value is -0.640. The molecule has 4 heteroatoms. The number of aryl methyl sites for hydroxylation is 1. The van der Waals surface area contributed by atoms with Crippen LogP contribution in [0.25, 0.3) is 0 Å². The van der Waals surface area contributed by atoms with Gasteiger partial charge in [0.25, 0.3) is 0 Å². The van der Waals surface area contributed by atoms with Crippen molar-refractivity contribution in [2.24, 2.45) is 11.8 Å². The van der Waals surface area contributed by atoms with Crippen LogP contribution in [0.5, 0.6) is 0 Å². The molecular weight excluding hydrogens is 302 g/mol. The average Bonchev–Trinajstić information content (AvgIpc) is 2.41. The first-order valence-electron chi connectivity index (χ1n) is 7.34. The van der Waals surface area contributed by atoms with E-state index >= 15 is 0 Å². The second kappa shape index (κ2) is 6.21. The summed E-state index contributed by atoms with van der Waals surface area (Å²) < 4.78 is 0.870. The first-order valence-corrected chi connectivity index (χ1v) is 8.14. The van der Waals surface area contributed by atoms with Crippen LogP contribution in [-0.4, -0.2) is 9.97 Å². The van der Waals surface area contributed by atoms with Gasteiger partial charge in [0.15, 0.2) is 0 Å². The van der Waals surface area contributed by atoms with E-state index in [1.807, 2.05) is 0 Å². The summed E-state index contributed by atoms with van der Waals surface area (Å²) in [7, 11) is 0. The summed E-state index contributed by atoms with van der Waals surface area (Å²) in [5, 5.41) is 0. The molecule has 2 N–H and O–H groups in total. The lowest BCUT2D eigenvalue weighted by Crippen LogP contribution is -2.19. The summed E-state index contributed by atoms with van der Waals surface area (Å²) in [6.07, 6.45) is 5.88. The van der Waals surface area contributed by atoms with Crippen molar-refractivity contribution >= 4 is 21.7 Å². The monoisotopic (exact) mass is 325 g/mol. The quantitative estimate of drug-likeness (QED) is 0.900. The zero-order chi connectivity index (χ0) is 14.0. The van der Waals surface area contributed by atoms with E-state index in [1.54, 1.807) is 0 Å². The maximum absolute atomic E-state index is 5.98. The lowest BCUT2D eigenvalue weighted by atomic mass is 9.76. The van der Waals surface area contributed by atoms with Crippen molar-refractivity contribution in [1.29, 1.82) is 0 Å². The fraction of sp³-hybridized carbons (Fsp3) is 0.733. The van der Waals surface area contributed by atoms with Gasteiger partial charge in [0.05, 0.1) is 10.2 Å². The van der Waals surface area contributed by atoms with Crippen LogP contribution in [0.15, 0.2) is 4.47 Å². The Bertz CT molecular complexity index is 437. The number of halogens is 1. The molecule has 1 aromatic rings. The van der Waals surface area contributed by atoms with E-state index in [9.17, 15) is 0 Å². The molecule has 0 aliphatic heterocycles. The highest BCUT2D eigenvalue weighted by Gasteiger charge is 2.26. The van der Waals surface area contributed by atoms with Crippen LogP contribution < -0.4 is 5.73 Å². The van der Waals surface area contributed by atoms with Gasteiger partial charge in [0.2, 0.25) is 0 Å². The number of hydrogen-bond acceptors (Lipinski definition) is 3. The molecule has 0 saturated heterocycles. The molecule has 0 radical (unpaired) electrons. The zero-order valence-corrected chi connectivity index (χ0v) is 13.7. The van der Waals surface area contributed by atoms with Gasteiger partial charge in [-0.25, -0.2) is 9.97 Å². The number of nitrogens with two attached hydrogens (primary N) is 1. The highest BCUT2D eigenvalue weighted by Crippen LogP contribution is 2.38. The smallest absolute Gasteiger partial charge is 0.141 e. The van der Waals surface area contributed by atoms with Crippen molar-refractivity contribution in [3.63, 3.8) is 0 Å². The van der Waals surface area contributed by atoms with Crippen LogP contribution in [0.1, 0.15) is 63.9 Å². The minimum atomic E-state index is 0.496. The van der Waals surface area contributed by atoms with Crippen molar-refractivity contribution in [2.75, 3.05) is 5.73 Å². The maximum atomic E-state index is 5.98. The fourth-order valence-corrected chi connectivity index (χ4v) is 3.45. The predicted octanol–water partition coefficient (Wildman–Crippen LogP) is 4.31. The Morgan fingerprint density at radius 1 is 1.21 bits per heavy atom. The van der Waals surface area contributed by atoms with Crippen molar-refractivity contribution < 1.29 is 0 Å². The number of anilines is 1. The van der Waals surface area contributed by atoms with E-state index in [1.165, 1.54) is 25.7 Å². The molecule has 106 valence electrons. The Morgan fingerprint density at radius 2 is 1.84 bits per heavy atom. The van der Waals surface area contributed by atoms with E-state index in [0.29, 0.717) is 11.7 Å². The lowest BCUT2D eigenvalue weighted by molar-refractivity contribution is 0.254. The molecule has 1 heterocycles. The standard InChI is InChI=1S/C15H24BrN3/c1-4-12-13(16)14(17)19-15(18-12)11-7-5-10(6-8-11)9(2)3/h9-11H,4-8H2,1-3H3,(H2,17,18,19). The van der Waals surface area contributed by atoms with Crippen LogP contribution in [0.4, 0.5) is 5.82 Å². The van der Waals surface area contributed by atoms with Gasteiger partial charge in [0.1, 0.15) is 11.6 Å². The molecule has 0 atom stereocenters. The largest absolute Gasteiger partial charge is 0.383 e. The number of rotatable bonds is 3. The molecule has 1 aliphatic carbocycles. The maximum Gasteiger partial charge on any atom is 0.141 e. The predicted molar refractivity (Wildman–Crippen MR) is 83.1 cm³/mol. The summed E-state index contributed by atoms with van der Waals surface area (Å²) in [4.78, 5) is 9.20. The topological polar surface area (TPSA) is 51.8 Å². The van der Waals surface area contributed by atoms with Crippen LogP contribution in [0.2, 0.25) is 0 Å². The Labute approximate surface area is 124 Å². The molecule has 0 unspecified atom stereocenters. The third kappa shape index (κ3) is 3.28. The Kier molecular flexibility index (Phi) is 4.82. The molecular formula is C15H24BrN3. The van der Waals surface area contributed by atoms with Crippen LogP contribution >= 0.6 is 15.9 Å². The zero-order valence-electron chi connectivity index (χ0n) is 12.1. The molecule has 1 aliphatic rings. The summed E-state index contributed by atoms with van der Waals surface area (Å²) >= 11 is 3.48. The molecule has 0 aromatic carbocycles. The highest BCUT2D eigenvalue weighted by molar-refractivity contribution is 9.10. The average molecular weight is 326 g/mol. The molecule has 1 fully saturated rings. The minimum Gasteiger partial charge on any atom is -0.383 e. The van der Waals surface area contributed by atoms with Gasteiger partial charge in [-0.05, 0) is 59.9 Å².